The monoisotopic (exact) mass is 474 g/mol. The highest BCUT2D eigenvalue weighted by molar-refractivity contribution is 7.99. The molecule has 9 nitrogen and oxygen atoms in total. The van der Waals surface area contributed by atoms with E-state index in [-0.39, 0.29) is 24.7 Å². The summed E-state index contributed by atoms with van der Waals surface area (Å²) < 4.78 is 15.0. The summed E-state index contributed by atoms with van der Waals surface area (Å²) in [6, 6.07) is 9.19. The molecular weight excluding hydrogens is 455 g/mol. The second kappa shape index (κ2) is 9.49. The number of hydrazine groups is 1. The van der Waals surface area contributed by atoms with E-state index in [9.17, 15) is 18.8 Å². The number of aromatic nitrogens is 3. The van der Waals surface area contributed by atoms with Crippen LogP contribution in [0.5, 0.6) is 0 Å². The van der Waals surface area contributed by atoms with Gasteiger partial charge in [0, 0.05) is 12.2 Å². The van der Waals surface area contributed by atoms with Crippen LogP contribution >= 0.6 is 23.1 Å². The number of nitrogens with one attached hydrogen (secondary N) is 1. The van der Waals surface area contributed by atoms with Gasteiger partial charge in [-0.3, -0.25) is 19.8 Å². The Labute approximate surface area is 191 Å². The average Bonchev–Trinajstić information content (AvgIpc) is 3.44. The van der Waals surface area contributed by atoms with Crippen molar-refractivity contribution in [3.05, 3.63) is 47.6 Å². The quantitative estimate of drug-likeness (QED) is 0.527. The lowest BCUT2D eigenvalue weighted by molar-refractivity contribution is -0.145. The van der Waals surface area contributed by atoms with Crippen LogP contribution in [0.25, 0.3) is 10.7 Å². The van der Waals surface area contributed by atoms with Gasteiger partial charge in [-0.1, -0.05) is 17.8 Å². The van der Waals surface area contributed by atoms with Crippen LogP contribution in [0.2, 0.25) is 0 Å². The minimum absolute atomic E-state index is 0.00220. The SMILES string of the molecule is CCn1c(SCC(=O)NN2CC(=O)N(c3ccc(F)cc3)CC2=O)nnc1-c1cccs1. The molecule has 3 amide bonds. The van der Waals surface area contributed by atoms with Crippen LogP contribution in [0.1, 0.15) is 6.92 Å². The van der Waals surface area contributed by atoms with Crippen LogP contribution in [-0.4, -0.2) is 56.3 Å². The number of anilines is 1. The van der Waals surface area contributed by atoms with Gasteiger partial charge < -0.3 is 9.47 Å². The second-order valence-electron chi connectivity index (χ2n) is 6.79. The molecule has 0 spiro atoms. The van der Waals surface area contributed by atoms with Crippen molar-refractivity contribution in [2.24, 2.45) is 0 Å². The lowest BCUT2D eigenvalue weighted by Crippen LogP contribution is -2.59. The highest BCUT2D eigenvalue weighted by Gasteiger charge is 2.32. The molecule has 0 atom stereocenters. The Balaban J connectivity index is 1.34. The van der Waals surface area contributed by atoms with Crippen molar-refractivity contribution in [1.29, 1.82) is 0 Å². The Hall–Kier alpha value is -3.25. The van der Waals surface area contributed by atoms with E-state index in [0.717, 1.165) is 15.7 Å². The molecule has 0 unspecified atom stereocenters. The topological polar surface area (TPSA) is 100 Å². The van der Waals surface area contributed by atoms with Crippen molar-refractivity contribution in [3.8, 4) is 10.7 Å². The first kappa shape index (κ1) is 22.0. The van der Waals surface area contributed by atoms with E-state index < -0.39 is 17.6 Å². The first-order chi connectivity index (χ1) is 15.5. The molecule has 0 aliphatic carbocycles. The third-order valence-corrected chi connectivity index (χ3v) is 6.53. The van der Waals surface area contributed by atoms with Crippen LogP contribution in [0.4, 0.5) is 10.1 Å². The highest BCUT2D eigenvalue weighted by atomic mass is 32.2. The average molecular weight is 475 g/mol. The second-order valence-corrected chi connectivity index (χ2v) is 8.68. The Morgan fingerprint density at radius 2 is 1.94 bits per heavy atom. The minimum Gasteiger partial charge on any atom is -0.302 e. The van der Waals surface area contributed by atoms with Crippen molar-refractivity contribution in [2.45, 2.75) is 18.6 Å². The first-order valence-corrected chi connectivity index (χ1v) is 11.6. The number of thiophene rings is 1. The van der Waals surface area contributed by atoms with E-state index in [0.29, 0.717) is 17.4 Å². The van der Waals surface area contributed by atoms with E-state index in [4.69, 9.17) is 0 Å². The molecular formula is C20H19FN6O3S2. The predicted octanol–water partition coefficient (Wildman–Crippen LogP) is 2.16. The van der Waals surface area contributed by atoms with E-state index in [2.05, 4.69) is 15.6 Å². The number of piperazine rings is 1. The van der Waals surface area contributed by atoms with E-state index >= 15 is 0 Å². The van der Waals surface area contributed by atoms with Gasteiger partial charge in [0.05, 0.1) is 10.6 Å². The lowest BCUT2D eigenvalue weighted by Gasteiger charge is -2.33. The Kier molecular flexibility index (Phi) is 6.51. The van der Waals surface area contributed by atoms with Gasteiger partial charge >= 0.3 is 0 Å². The zero-order chi connectivity index (χ0) is 22.7. The summed E-state index contributed by atoms with van der Waals surface area (Å²) in [7, 11) is 0. The first-order valence-electron chi connectivity index (χ1n) is 9.72. The molecule has 1 saturated heterocycles. The number of nitrogens with zero attached hydrogens (tertiary/aromatic N) is 5. The summed E-state index contributed by atoms with van der Waals surface area (Å²) in [5.74, 6) is -0.947. The Bertz CT molecular complexity index is 1130. The molecule has 0 saturated carbocycles. The fourth-order valence-electron chi connectivity index (χ4n) is 3.16. The smallest absolute Gasteiger partial charge is 0.261 e. The summed E-state index contributed by atoms with van der Waals surface area (Å²) in [5.41, 5.74) is 2.91. The molecule has 1 aromatic carbocycles. The van der Waals surface area contributed by atoms with Crippen molar-refractivity contribution in [3.63, 3.8) is 0 Å². The molecule has 1 aliphatic rings. The largest absolute Gasteiger partial charge is 0.302 e. The Morgan fingerprint density at radius 3 is 2.62 bits per heavy atom. The fraction of sp³-hybridized carbons (Fsp3) is 0.250. The summed E-state index contributed by atoms with van der Waals surface area (Å²) >= 11 is 2.76. The van der Waals surface area contributed by atoms with Gasteiger partial charge in [0.15, 0.2) is 11.0 Å². The van der Waals surface area contributed by atoms with Gasteiger partial charge in [0.1, 0.15) is 18.9 Å². The van der Waals surface area contributed by atoms with Crippen LogP contribution in [0.15, 0.2) is 46.9 Å². The van der Waals surface area contributed by atoms with Gasteiger partial charge in [-0.25, -0.2) is 9.40 Å². The molecule has 32 heavy (non-hydrogen) atoms. The van der Waals surface area contributed by atoms with Gasteiger partial charge in [-0.2, -0.15) is 0 Å². The van der Waals surface area contributed by atoms with Gasteiger partial charge in [0.25, 0.3) is 5.91 Å². The lowest BCUT2D eigenvalue weighted by atomic mass is 10.2. The van der Waals surface area contributed by atoms with Gasteiger partial charge in [0.2, 0.25) is 11.8 Å². The minimum atomic E-state index is -0.441. The summed E-state index contributed by atoms with van der Waals surface area (Å²) in [6.45, 7) is 2.06. The zero-order valence-corrected chi connectivity index (χ0v) is 18.7. The molecule has 1 aliphatic heterocycles. The number of thioether (sulfide) groups is 1. The van der Waals surface area contributed by atoms with Gasteiger partial charge in [-0.15, -0.1) is 21.5 Å². The zero-order valence-electron chi connectivity index (χ0n) is 17.0. The molecule has 0 bridgehead atoms. The number of benzene rings is 1. The molecule has 4 rings (SSSR count). The number of carbonyl (C=O) groups is 3. The molecule has 3 aromatic rings. The molecule has 2 aromatic heterocycles. The van der Waals surface area contributed by atoms with Gasteiger partial charge in [-0.05, 0) is 42.6 Å². The maximum atomic E-state index is 13.1. The van der Waals surface area contributed by atoms with Crippen LogP contribution in [0.3, 0.4) is 0 Å². The number of carbonyl (C=O) groups excluding carboxylic acids is 3. The number of halogens is 1. The Morgan fingerprint density at radius 1 is 1.16 bits per heavy atom. The number of hydrogen-bond donors (Lipinski definition) is 1. The van der Waals surface area contributed by atoms with Crippen LogP contribution < -0.4 is 10.3 Å². The molecule has 12 heteroatoms. The maximum absolute atomic E-state index is 13.1. The van der Waals surface area contributed by atoms with E-state index in [1.807, 2.05) is 29.0 Å². The maximum Gasteiger partial charge on any atom is 0.261 e. The fourth-order valence-corrected chi connectivity index (χ4v) is 4.67. The summed E-state index contributed by atoms with van der Waals surface area (Å²) in [6.07, 6.45) is 0. The van der Waals surface area contributed by atoms with Crippen molar-refractivity contribution >= 4 is 46.5 Å². The van der Waals surface area contributed by atoms with Crippen molar-refractivity contribution in [1.82, 2.24) is 25.2 Å². The molecule has 1 N–H and O–H groups in total. The molecule has 0 radical (unpaired) electrons. The highest BCUT2D eigenvalue weighted by Crippen LogP contribution is 2.27. The van der Waals surface area contributed by atoms with E-state index in [1.165, 1.54) is 40.9 Å². The molecule has 1 fully saturated rings. The normalized spacial score (nSPS) is 14.2. The standard InChI is InChI=1S/C20H19FN6O3S2/c1-2-25-19(15-4-3-9-31-15)22-23-20(25)32-12-16(28)24-27-11-17(29)26(10-18(27)30)14-7-5-13(21)6-8-14/h3-9H,2,10-12H2,1H3,(H,24,28). The van der Waals surface area contributed by atoms with Crippen molar-refractivity contribution in [2.75, 3.05) is 23.7 Å². The van der Waals surface area contributed by atoms with Crippen LogP contribution in [-0.2, 0) is 20.9 Å². The third-order valence-electron chi connectivity index (χ3n) is 4.69. The molecule has 3 heterocycles. The third kappa shape index (κ3) is 4.65. The summed E-state index contributed by atoms with van der Waals surface area (Å²) in [4.78, 5) is 39.6. The van der Waals surface area contributed by atoms with Crippen LogP contribution in [0, 0.1) is 5.82 Å². The molecule has 166 valence electrons. The van der Waals surface area contributed by atoms with Crippen molar-refractivity contribution < 1.29 is 18.8 Å². The van der Waals surface area contributed by atoms with E-state index in [1.54, 1.807) is 11.3 Å². The predicted molar refractivity (Wildman–Crippen MR) is 118 cm³/mol. The summed E-state index contributed by atoms with van der Waals surface area (Å²) in [5, 5.41) is 11.9. The number of rotatable bonds is 7. The number of hydrogen-bond acceptors (Lipinski definition) is 7. The number of amides is 3.